The number of rotatable bonds is 8. The average Bonchev–Trinajstić information content (AvgIpc) is 3.39. The monoisotopic (exact) mass is 451 g/mol. The van der Waals surface area contributed by atoms with Crippen LogP contribution in [-0.4, -0.2) is 55.2 Å². The first-order chi connectivity index (χ1) is 15.8. The van der Waals surface area contributed by atoms with Crippen molar-refractivity contribution in [3.63, 3.8) is 0 Å². The van der Waals surface area contributed by atoms with E-state index in [1.807, 2.05) is 49.7 Å². The van der Waals surface area contributed by atoms with E-state index in [-0.39, 0.29) is 0 Å². The van der Waals surface area contributed by atoms with Gasteiger partial charge in [-0.1, -0.05) is 0 Å². The predicted octanol–water partition coefficient (Wildman–Crippen LogP) is 3.85. The van der Waals surface area contributed by atoms with Gasteiger partial charge >= 0.3 is 0 Å². The van der Waals surface area contributed by atoms with E-state index in [1.54, 1.807) is 13.4 Å². The Bertz CT molecular complexity index is 1130. The minimum absolute atomic E-state index is 0.405. The lowest BCUT2D eigenvalue weighted by molar-refractivity contribution is 0.0726. The van der Waals surface area contributed by atoms with E-state index >= 15 is 0 Å². The van der Waals surface area contributed by atoms with Gasteiger partial charge in [-0.3, -0.25) is 0 Å². The summed E-state index contributed by atoms with van der Waals surface area (Å²) < 4.78 is 9.70. The van der Waals surface area contributed by atoms with E-state index in [0.29, 0.717) is 24.3 Å². The molecule has 1 aliphatic carbocycles. The van der Waals surface area contributed by atoms with Gasteiger partial charge in [0.25, 0.3) is 0 Å². The molecule has 0 saturated heterocycles. The minimum atomic E-state index is -0.703. The topological polar surface area (TPSA) is 93.3 Å². The number of methoxy groups -OCH3 is 1. The van der Waals surface area contributed by atoms with Gasteiger partial charge in [-0.2, -0.15) is 4.98 Å². The van der Waals surface area contributed by atoms with E-state index in [4.69, 9.17) is 14.8 Å². The van der Waals surface area contributed by atoms with Crippen LogP contribution in [0.4, 0.5) is 17.6 Å². The molecule has 1 unspecified atom stereocenters. The maximum atomic E-state index is 10.2. The summed E-state index contributed by atoms with van der Waals surface area (Å²) >= 11 is 0. The third kappa shape index (κ3) is 4.68. The average molecular weight is 452 g/mol. The molecule has 1 aliphatic heterocycles. The number of benzene rings is 1. The summed E-state index contributed by atoms with van der Waals surface area (Å²) in [4.78, 5) is 11.4. The summed E-state index contributed by atoms with van der Waals surface area (Å²) in [5, 5.41) is 18.4. The lowest BCUT2D eigenvalue weighted by atomic mass is 10.0. The number of anilines is 3. The van der Waals surface area contributed by atoms with Crippen LogP contribution >= 0.6 is 0 Å². The van der Waals surface area contributed by atoms with Crippen LogP contribution < -0.4 is 15.0 Å². The lowest BCUT2D eigenvalue weighted by Crippen LogP contribution is -2.39. The zero-order chi connectivity index (χ0) is 23.2. The van der Waals surface area contributed by atoms with Crippen molar-refractivity contribution in [2.24, 2.45) is 5.92 Å². The minimum Gasteiger partial charge on any atom is -0.494 e. The number of ether oxygens (including phenoxy) is 1. The Morgan fingerprint density at radius 2 is 2.06 bits per heavy atom. The molecule has 3 aromatic rings. The summed E-state index contributed by atoms with van der Waals surface area (Å²) in [6, 6.07) is 6.36. The van der Waals surface area contributed by atoms with Gasteiger partial charge in [-0.05, 0) is 64.5 Å². The van der Waals surface area contributed by atoms with Crippen molar-refractivity contribution >= 4 is 17.6 Å². The van der Waals surface area contributed by atoms with Crippen molar-refractivity contribution < 1.29 is 9.84 Å². The molecule has 0 bridgehead atoms. The number of nitrogens with zero attached hydrogens (tertiary/aromatic N) is 6. The second-order valence-electron chi connectivity index (χ2n) is 9.86. The number of aliphatic hydroxyl groups is 1. The van der Waals surface area contributed by atoms with Gasteiger partial charge in [0.2, 0.25) is 11.9 Å². The molecular weight excluding hydrogens is 418 g/mol. The van der Waals surface area contributed by atoms with Crippen LogP contribution in [-0.2, 0) is 0 Å². The third-order valence-corrected chi connectivity index (χ3v) is 6.49. The van der Waals surface area contributed by atoms with Gasteiger partial charge in [0, 0.05) is 31.0 Å². The molecule has 0 spiro atoms. The van der Waals surface area contributed by atoms with E-state index in [0.717, 1.165) is 48.3 Å². The van der Waals surface area contributed by atoms with Crippen LogP contribution in [0.5, 0.6) is 5.75 Å². The fraction of sp³-hybridized carbons (Fsp3) is 0.542. The highest BCUT2D eigenvalue weighted by molar-refractivity contribution is 5.62. The van der Waals surface area contributed by atoms with Crippen molar-refractivity contribution in [3.8, 4) is 11.4 Å². The maximum Gasteiger partial charge on any atom is 0.248 e. The van der Waals surface area contributed by atoms with E-state index in [2.05, 4.69) is 19.9 Å². The summed E-state index contributed by atoms with van der Waals surface area (Å²) in [7, 11) is 1.67. The van der Waals surface area contributed by atoms with Crippen LogP contribution in [0.1, 0.15) is 51.3 Å². The molecule has 0 amide bonds. The molecule has 9 heteroatoms. The molecule has 2 aliphatic rings. The molecule has 3 heterocycles. The van der Waals surface area contributed by atoms with E-state index < -0.39 is 5.60 Å². The Hall–Kier alpha value is -3.07. The number of hydrogen-bond acceptors (Lipinski definition) is 7. The van der Waals surface area contributed by atoms with Crippen molar-refractivity contribution in [2.45, 2.75) is 58.1 Å². The smallest absolute Gasteiger partial charge is 0.248 e. The van der Waals surface area contributed by atoms with Crippen molar-refractivity contribution in [1.29, 1.82) is 0 Å². The highest BCUT2D eigenvalue weighted by Crippen LogP contribution is 2.45. The van der Waals surface area contributed by atoms with Crippen molar-refractivity contribution in [1.82, 2.24) is 24.3 Å². The molecular formula is C24H33N7O2. The van der Waals surface area contributed by atoms with Crippen molar-refractivity contribution in [2.75, 3.05) is 30.4 Å². The molecule has 1 aromatic carbocycles. The zero-order valence-electron chi connectivity index (χ0n) is 19.8. The van der Waals surface area contributed by atoms with Crippen LogP contribution in [0.2, 0.25) is 0 Å². The zero-order valence-corrected chi connectivity index (χ0v) is 19.8. The predicted molar refractivity (Wildman–Crippen MR) is 128 cm³/mol. The van der Waals surface area contributed by atoms with Crippen LogP contribution in [0.3, 0.4) is 0 Å². The Labute approximate surface area is 194 Å². The van der Waals surface area contributed by atoms with Gasteiger partial charge in [0.05, 0.1) is 36.5 Å². The van der Waals surface area contributed by atoms with Gasteiger partial charge in [-0.15, -0.1) is 5.10 Å². The SMILES string of the molecule is COc1cc(Nc2nc3n(n2)C(C2CC2)CCN3CCC(C)(C)O)ccc1-n1cnc(C)c1. The Balaban J connectivity index is 1.40. The first-order valence-electron chi connectivity index (χ1n) is 11.7. The van der Waals surface area contributed by atoms with Gasteiger partial charge < -0.3 is 24.6 Å². The van der Waals surface area contributed by atoms with Gasteiger partial charge in [-0.25, -0.2) is 9.67 Å². The van der Waals surface area contributed by atoms with E-state index in [1.165, 1.54) is 12.8 Å². The first-order valence-corrected chi connectivity index (χ1v) is 11.7. The molecule has 1 atom stereocenters. The Morgan fingerprint density at radius 1 is 1.24 bits per heavy atom. The molecule has 2 N–H and O–H groups in total. The van der Waals surface area contributed by atoms with Crippen LogP contribution in [0.25, 0.3) is 5.69 Å². The van der Waals surface area contributed by atoms with Crippen LogP contribution in [0.15, 0.2) is 30.7 Å². The second-order valence-corrected chi connectivity index (χ2v) is 9.86. The highest BCUT2D eigenvalue weighted by Gasteiger charge is 2.38. The number of fused-ring (bicyclic) bond motifs is 1. The lowest BCUT2D eigenvalue weighted by Gasteiger charge is -2.34. The molecule has 33 heavy (non-hydrogen) atoms. The molecule has 9 nitrogen and oxygen atoms in total. The quantitative estimate of drug-likeness (QED) is 0.537. The normalized spacial score (nSPS) is 18.3. The van der Waals surface area contributed by atoms with E-state index in [9.17, 15) is 5.11 Å². The molecule has 2 aromatic heterocycles. The number of hydrogen-bond donors (Lipinski definition) is 2. The summed E-state index contributed by atoms with van der Waals surface area (Å²) in [5.41, 5.74) is 2.03. The third-order valence-electron chi connectivity index (χ3n) is 6.49. The number of nitrogens with one attached hydrogen (secondary N) is 1. The summed E-state index contributed by atoms with van der Waals surface area (Å²) in [5.74, 6) is 2.92. The maximum absolute atomic E-state index is 10.2. The standard InChI is InChI=1S/C24H33N7O2/c1-16-14-30(15-25-16)20-8-7-18(13-21(20)33-4)26-22-27-23-29(12-10-24(2,3)32)11-9-19(17-5-6-17)31(23)28-22/h7-8,13-15,17,19,32H,5-6,9-12H2,1-4H3,(H,26,28). The first kappa shape index (κ1) is 21.8. The molecule has 1 saturated carbocycles. The molecule has 1 fully saturated rings. The van der Waals surface area contributed by atoms with Gasteiger partial charge in [0.15, 0.2) is 0 Å². The molecule has 0 radical (unpaired) electrons. The Kier molecular flexibility index (Phi) is 5.52. The summed E-state index contributed by atoms with van der Waals surface area (Å²) in [6.45, 7) is 7.37. The number of aryl methyl sites for hydroxylation is 1. The highest BCUT2D eigenvalue weighted by atomic mass is 16.5. The molecule has 176 valence electrons. The Morgan fingerprint density at radius 3 is 2.73 bits per heavy atom. The fourth-order valence-electron chi connectivity index (χ4n) is 4.50. The number of imidazole rings is 1. The summed E-state index contributed by atoms with van der Waals surface area (Å²) in [6.07, 6.45) is 8.04. The van der Waals surface area contributed by atoms with Crippen LogP contribution in [0, 0.1) is 12.8 Å². The van der Waals surface area contributed by atoms with Crippen molar-refractivity contribution in [3.05, 3.63) is 36.4 Å². The fourth-order valence-corrected chi connectivity index (χ4v) is 4.50. The largest absolute Gasteiger partial charge is 0.494 e. The molecule has 5 rings (SSSR count). The van der Waals surface area contributed by atoms with Gasteiger partial charge in [0.1, 0.15) is 5.75 Å². The second kappa shape index (κ2) is 8.37. The number of aromatic nitrogens is 5.